The first kappa shape index (κ1) is 15.4. The third-order valence-electron chi connectivity index (χ3n) is 4.14. The predicted octanol–water partition coefficient (Wildman–Crippen LogP) is 2.62. The second kappa shape index (κ2) is 5.61. The molecule has 6 nitrogen and oxygen atoms in total. The number of fused-ring (bicyclic) bond motifs is 1. The van der Waals surface area contributed by atoms with Crippen LogP contribution < -0.4 is 4.74 Å². The van der Waals surface area contributed by atoms with E-state index < -0.39 is 5.97 Å². The van der Waals surface area contributed by atoms with Crippen LogP contribution in [-0.4, -0.2) is 47.6 Å². The molecule has 1 aromatic rings. The Bertz CT molecular complexity index is 636. The fourth-order valence-electron chi connectivity index (χ4n) is 3.02. The molecule has 22 heavy (non-hydrogen) atoms. The maximum atomic E-state index is 12.8. The Morgan fingerprint density at radius 3 is 2.64 bits per heavy atom. The molecule has 3 rings (SSSR count). The molecule has 1 aromatic heterocycles. The third-order valence-corrected chi connectivity index (χ3v) is 4.92. The second-order valence-corrected chi connectivity index (χ2v) is 6.43. The first-order valence-corrected chi connectivity index (χ1v) is 8.26. The number of esters is 1. The van der Waals surface area contributed by atoms with Crippen molar-refractivity contribution in [2.45, 2.75) is 38.8 Å². The molecule has 1 amide bonds. The van der Waals surface area contributed by atoms with E-state index in [1.54, 1.807) is 6.92 Å². The van der Waals surface area contributed by atoms with Gasteiger partial charge in [0, 0.05) is 18.6 Å². The molecule has 0 bridgehead atoms. The van der Waals surface area contributed by atoms with Crippen molar-refractivity contribution in [2.75, 3.05) is 20.3 Å². The first-order valence-electron chi connectivity index (χ1n) is 7.47. The summed E-state index contributed by atoms with van der Waals surface area (Å²) in [5.41, 5.74) is 0.722. The minimum Gasteiger partial charge on any atom is -0.493 e. The van der Waals surface area contributed by atoms with Crippen molar-refractivity contribution in [2.24, 2.45) is 0 Å². The smallest absolute Gasteiger partial charge is 0.344 e. The van der Waals surface area contributed by atoms with Gasteiger partial charge >= 0.3 is 5.97 Å². The summed E-state index contributed by atoms with van der Waals surface area (Å²) in [5.74, 6) is -0.257. The van der Waals surface area contributed by atoms with E-state index in [2.05, 4.69) is 15.9 Å². The molecule has 1 atom stereocenters. The highest BCUT2D eigenvalue weighted by molar-refractivity contribution is 9.10. The number of carbonyl (C=O) groups excluding carboxylic acids is 2. The molecule has 0 N–H and O–H groups in total. The maximum absolute atomic E-state index is 12.8. The van der Waals surface area contributed by atoms with Crippen molar-refractivity contribution in [1.29, 1.82) is 0 Å². The number of carbonyl (C=O) groups is 2. The Labute approximate surface area is 137 Å². The average Bonchev–Trinajstić information content (AvgIpc) is 3.26. The molecule has 7 heteroatoms. The van der Waals surface area contributed by atoms with E-state index >= 15 is 0 Å². The van der Waals surface area contributed by atoms with Crippen LogP contribution in [-0.2, 0) is 4.74 Å². The lowest BCUT2D eigenvalue weighted by molar-refractivity contribution is 0.0521. The van der Waals surface area contributed by atoms with Crippen molar-refractivity contribution in [3.63, 3.8) is 0 Å². The number of hydrogen-bond acceptors (Lipinski definition) is 4. The molecule has 0 radical (unpaired) electrons. The monoisotopic (exact) mass is 370 g/mol. The molecule has 2 heterocycles. The van der Waals surface area contributed by atoms with Gasteiger partial charge in [0.1, 0.15) is 10.2 Å². The van der Waals surface area contributed by atoms with Crippen molar-refractivity contribution in [1.82, 2.24) is 9.47 Å². The van der Waals surface area contributed by atoms with Gasteiger partial charge in [0.2, 0.25) is 0 Å². The van der Waals surface area contributed by atoms with Gasteiger partial charge in [-0.1, -0.05) is 0 Å². The van der Waals surface area contributed by atoms with Crippen LogP contribution in [0.2, 0.25) is 0 Å². The average molecular weight is 371 g/mol. The zero-order chi connectivity index (χ0) is 16.0. The fraction of sp³-hybridized carbons (Fsp3) is 0.600. The van der Waals surface area contributed by atoms with Gasteiger partial charge in [-0.05, 0) is 42.6 Å². The quantitative estimate of drug-likeness (QED) is 0.764. The molecule has 1 aliphatic heterocycles. The van der Waals surface area contributed by atoms with Crippen LogP contribution in [0.3, 0.4) is 0 Å². The van der Waals surface area contributed by atoms with E-state index in [-0.39, 0.29) is 24.1 Å². The fourth-order valence-corrected chi connectivity index (χ4v) is 3.89. The Morgan fingerprint density at radius 1 is 1.41 bits per heavy atom. The maximum Gasteiger partial charge on any atom is 0.344 e. The van der Waals surface area contributed by atoms with Gasteiger partial charge < -0.3 is 18.9 Å². The number of nitrogens with zero attached hydrogens (tertiary/aromatic N) is 2. The van der Waals surface area contributed by atoms with Crippen molar-refractivity contribution >= 4 is 27.8 Å². The molecule has 0 saturated heterocycles. The van der Waals surface area contributed by atoms with Crippen LogP contribution in [0.25, 0.3) is 0 Å². The summed E-state index contributed by atoms with van der Waals surface area (Å²) in [4.78, 5) is 26.9. The van der Waals surface area contributed by atoms with Crippen LogP contribution in [0, 0.1) is 0 Å². The summed E-state index contributed by atoms with van der Waals surface area (Å²) in [6.07, 6.45) is 2.10. The number of hydrogen-bond donors (Lipinski definition) is 0. The Hall–Kier alpha value is -1.50. The van der Waals surface area contributed by atoms with Gasteiger partial charge in [0.05, 0.1) is 13.7 Å². The number of rotatable bonds is 4. The SMILES string of the molecule is CCOC(=O)c1c(OC)c2n(c1Br)[C@@H](C)CN(C1CC1)C2=O. The first-order chi connectivity index (χ1) is 10.5. The van der Waals surface area contributed by atoms with Gasteiger partial charge in [0.25, 0.3) is 5.91 Å². The van der Waals surface area contributed by atoms with E-state index in [0.717, 1.165) is 12.8 Å². The van der Waals surface area contributed by atoms with E-state index in [0.29, 0.717) is 28.6 Å². The molecule has 0 unspecified atom stereocenters. The van der Waals surface area contributed by atoms with Gasteiger partial charge in [-0.25, -0.2) is 4.79 Å². The highest BCUT2D eigenvalue weighted by atomic mass is 79.9. The van der Waals surface area contributed by atoms with Crippen LogP contribution in [0.15, 0.2) is 4.60 Å². The molecule has 0 spiro atoms. The normalized spacial score (nSPS) is 20.8. The summed E-state index contributed by atoms with van der Waals surface area (Å²) < 4.78 is 12.9. The van der Waals surface area contributed by atoms with Gasteiger partial charge in [-0.3, -0.25) is 4.79 Å². The van der Waals surface area contributed by atoms with Gasteiger partial charge in [-0.15, -0.1) is 0 Å². The summed E-state index contributed by atoms with van der Waals surface area (Å²) in [6.45, 7) is 4.70. The van der Waals surface area contributed by atoms with E-state index in [1.807, 2.05) is 16.4 Å². The molecule has 1 aliphatic carbocycles. The number of methoxy groups -OCH3 is 1. The van der Waals surface area contributed by atoms with Crippen LogP contribution in [0.5, 0.6) is 5.75 Å². The number of halogens is 1. The molecular weight excluding hydrogens is 352 g/mol. The minimum atomic E-state index is -0.480. The standard InChI is InChI=1S/C15H19BrN2O4/c1-4-22-15(20)10-12(21-3)11-14(19)17(9-5-6-9)7-8(2)18(11)13(10)16/h8-9H,4-7H2,1-3H3/t8-/m0/s1. The lowest BCUT2D eigenvalue weighted by Gasteiger charge is -2.33. The molecule has 1 saturated carbocycles. The summed E-state index contributed by atoms with van der Waals surface area (Å²) in [6, 6.07) is 0.396. The van der Waals surface area contributed by atoms with Crippen molar-refractivity contribution in [3.8, 4) is 5.75 Å². The van der Waals surface area contributed by atoms with Crippen molar-refractivity contribution < 1.29 is 19.1 Å². The topological polar surface area (TPSA) is 60.8 Å². The number of amides is 1. The summed E-state index contributed by atoms with van der Waals surface area (Å²) in [7, 11) is 1.47. The summed E-state index contributed by atoms with van der Waals surface area (Å²) >= 11 is 3.45. The highest BCUT2D eigenvalue weighted by Crippen LogP contribution is 2.42. The largest absolute Gasteiger partial charge is 0.493 e. The van der Waals surface area contributed by atoms with Crippen LogP contribution in [0.1, 0.15) is 53.6 Å². The van der Waals surface area contributed by atoms with E-state index in [1.165, 1.54) is 7.11 Å². The summed E-state index contributed by atoms with van der Waals surface area (Å²) in [5, 5.41) is 0. The Morgan fingerprint density at radius 2 is 2.09 bits per heavy atom. The molecule has 0 aromatic carbocycles. The third kappa shape index (κ3) is 2.22. The molecule has 120 valence electrons. The second-order valence-electron chi connectivity index (χ2n) is 5.68. The number of aromatic nitrogens is 1. The van der Waals surface area contributed by atoms with Crippen molar-refractivity contribution in [3.05, 3.63) is 15.9 Å². The molecule has 1 fully saturated rings. The van der Waals surface area contributed by atoms with Gasteiger partial charge in [-0.2, -0.15) is 0 Å². The zero-order valence-electron chi connectivity index (χ0n) is 12.9. The molecule has 2 aliphatic rings. The lowest BCUT2D eigenvalue weighted by Crippen LogP contribution is -2.43. The van der Waals surface area contributed by atoms with E-state index in [4.69, 9.17) is 9.47 Å². The predicted molar refractivity (Wildman–Crippen MR) is 83.4 cm³/mol. The zero-order valence-corrected chi connectivity index (χ0v) is 14.5. The highest BCUT2D eigenvalue weighted by Gasteiger charge is 2.43. The van der Waals surface area contributed by atoms with Gasteiger partial charge in [0.15, 0.2) is 11.4 Å². The molecular formula is C15H19BrN2O4. The van der Waals surface area contributed by atoms with Crippen LogP contribution >= 0.6 is 15.9 Å². The van der Waals surface area contributed by atoms with E-state index in [9.17, 15) is 9.59 Å². The van der Waals surface area contributed by atoms with Crippen LogP contribution in [0.4, 0.5) is 0 Å². The number of ether oxygens (including phenoxy) is 2. The Balaban J connectivity index is 2.13. The lowest BCUT2D eigenvalue weighted by atomic mass is 10.2. The minimum absolute atomic E-state index is 0.0692. The Kier molecular flexibility index (Phi) is 3.92.